The highest BCUT2D eigenvalue weighted by Gasteiger charge is 2.01. The number of aromatic nitrogens is 3. The normalized spacial score (nSPS) is 10.2. The maximum Gasteiger partial charge on any atom is 0.238 e. The van der Waals surface area contributed by atoms with Gasteiger partial charge < -0.3 is 10.6 Å². The standard InChI is InChI=1S/C14H17N5O/c1-2-7-15-8-14(20)18-13-5-3-12(4-6-13)9-19-11-16-10-17-19/h2-6,10-11,15H,1,7-9H2,(H,18,20). The van der Waals surface area contributed by atoms with Crippen LogP contribution in [0.2, 0.25) is 0 Å². The molecule has 20 heavy (non-hydrogen) atoms. The molecule has 0 spiro atoms. The first-order valence-electron chi connectivity index (χ1n) is 6.31. The predicted molar refractivity (Wildman–Crippen MR) is 77.3 cm³/mol. The quantitative estimate of drug-likeness (QED) is 0.583. The van der Waals surface area contributed by atoms with Gasteiger partial charge >= 0.3 is 0 Å². The summed E-state index contributed by atoms with van der Waals surface area (Å²) in [5.74, 6) is -0.0733. The minimum atomic E-state index is -0.0733. The van der Waals surface area contributed by atoms with Crippen LogP contribution in [-0.4, -0.2) is 33.8 Å². The molecule has 0 saturated heterocycles. The van der Waals surface area contributed by atoms with Crippen LogP contribution in [0.1, 0.15) is 5.56 Å². The largest absolute Gasteiger partial charge is 0.325 e. The Morgan fingerprint density at radius 3 is 2.80 bits per heavy atom. The van der Waals surface area contributed by atoms with E-state index in [0.717, 1.165) is 11.3 Å². The van der Waals surface area contributed by atoms with Gasteiger partial charge in [0.2, 0.25) is 5.91 Å². The van der Waals surface area contributed by atoms with Gasteiger partial charge in [0.1, 0.15) is 12.7 Å². The molecule has 1 heterocycles. The van der Waals surface area contributed by atoms with Crippen molar-refractivity contribution >= 4 is 11.6 Å². The fourth-order valence-corrected chi connectivity index (χ4v) is 1.69. The Bertz CT molecular complexity index is 547. The lowest BCUT2D eigenvalue weighted by Gasteiger charge is -2.07. The van der Waals surface area contributed by atoms with Crippen LogP contribution < -0.4 is 10.6 Å². The van der Waals surface area contributed by atoms with Gasteiger partial charge in [-0.3, -0.25) is 4.79 Å². The number of amides is 1. The highest BCUT2D eigenvalue weighted by Crippen LogP contribution is 2.10. The molecule has 0 aliphatic carbocycles. The third-order valence-corrected chi connectivity index (χ3v) is 2.62. The molecule has 2 aromatic rings. The van der Waals surface area contributed by atoms with Gasteiger partial charge in [-0.15, -0.1) is 6.58 Å². The summed E-state index contributed by atoms with van der Waals surface area (Å²) in [6, 6.07) is 7.65. The van der Waals surface area contributed by atoms with Gasteiger partial charge in [-0.1, -0.05) is 18.2 Å². The first-order chi connectivity index (χ1) is 9.78. The summed E-state index contributed by atoms with van der Waals surface area (Å²) in [5, 5.41) is 9.81. The Morgan fingerprint density at radius 2 is 2.15 bits per heavy atom. The summed E-state index contributed by atoms with van der Waals surface area (Å²) in [6.07, 6.45) is 4.89. The summed E-state index contributed by atoms with van der Waals surface area (Å²) in [6.45, 7) is 5.12. The fourth-order valence-electron chi connectivity index (χ4n) is 1.69. The Hall–Kier alpha value is -2.47. The number of rotatable bonds is 7. The number of hydrogen-bond acceptors (Lipinski definition) is 4. The molecule has 0 radical (unpaired) electrons. The molecule has 0 aliphatic heterocycles. The SMILES string of the molecule is C=CCNCC(=O)Nc1ccc(Cn2cncn2)cc1. The van der Waals surface area contributed by atoms with Gasteiger partial charge in [0.15, 0.2) is 0 Å². The van der Waals surface area contributed by atoms with E-state index in [0.29, 0.717) is 13.1 Å². The Labute approximate surface area is 117 Å². The first kappa shape index (κ1) is 14.0. The smallest absolute Gasteiger partial charge is 0.238 e. The number of anilines is 1. The van der Waals surface area contributed by atoms with Gasteiger partial charge in [-0.25, -0.2) is 9.67 Å². The lowest BCUT2D eigenvalue weighted by molar-refractivity contribution is -0.115. The van der Waals surface area contributed by atoms with E-state index in [1.165, 1.54) is 6.33 Å². The Kier molecular flexibility index (Phi) is 5.02. The lowest BCUT2D eigenvalue weighted by Crippen LogP contribution is -2.28. The average Bonchev–Trinajstić information content (AvgIpc) is 2.94. The molecule has 6 heteroatoms. The fraction of sp³-hybridized carbons (Fsp3) is 0.214. The molecule has 0 fully saturated rings. The Balaban J connectivity index is 1.85. The Morgan fingerprint density at radius 1 is 1.35 bits per heavy atom. The van der Waals surface area contributed by atoms with E-state index in [4.69, 9.17) is 0 Å². The lowest BCUT2D eigenvalue weighted by atomic mass is 10.2. The second-order valence-electron chi connectivity index (χ2n) is 4.26. The molecule has 0 atom stereocenters. The van der Waals surface area contributed by atoms with Crippen LogP contribution in [0.4, 0.5) is 5.69 Å². The second-order valence-corrected chi connectivity index (χ2v) is 4.26. The van der Waals surface area contributed by atoms with Gasteiger partial charge in [-0.05, 0) is 17.7 Å². The highest BCUT2D eigenvalue weighted by atomic mass is 16.1. The predicted octanol–water partition coefficient (Wildman–Crippen LogP) is 1.04. The van der Waals surface area contributed by atoms with E-state index >= 15 is 0 Å². The molecule has 2 N–H and O–H groups in total. The van der Waals surface area contributed by atoms with Crippen molar-refractivity contribution in [2.45, 2.75) is 6.54 Å². The molecule has 0 saturated carbocycles. The van der Waals surface area contributed by atoms with Crippen LogP contribution in [0.15, 0.2) is 49.6 Å². The van der Waals surface area contributed by atoms with Crippen molar-refractivity contribution in [2.75, 3.05) is 18.4 Å². The summed E-state index contributed by atoms with van der Waals surface area (Å²) in [5.41, 5.74) is 1.87. The minimum Gasteiger partial charge on any atom is -0.325 e. The maximum atomic E-state index is 11.6. The summed E-state index contributed by atoms with van der Waals surface area (Å²) >= 11 is 0. The van der Waals surface area contributed by atoms with E-state index in [-0.39, 0.29) is 12.5 Å². The number of nitrogens with zero attached hydrogens (tertiary/aromatic N) is 3. The number of carbonyl (C=O) groups excluding carboxylic acids is 1. The number of hydrogen-bond donors (Lipinski definition) is 2. The third kappa shape index (κ3) is 4.33. The van der Waals surface area contributed by atoms with Crippen molar-refractivity contribution in [2.24, 2.45) is 0 Å². The number of carbonyl (C=O) groups is 1. The van der Waals surface area contributed by atoms with Crippen molar-refractivity contribution < 1.29 is 4.79 Å². The molecule has 0 unspecified atom stereocenters. The zero-order chi connectivity index (χ0) is 14.2. The van der Waals surface area contributed by atoms with Crippen LogP contribution in [-0.2, 0) is 11.3 Å². The molecule has 1 aromatic heterocycles. The summed E-state index contributed by atoms with van der Waals surface area (Å²) in [7, 11) is 0. The van der Waals surface area contributed by atoms with Crippen molar-refractivity contribution in [3.05, 3.63) is 55.1 Å². The van der Waals surface area contributed by atoms with E-state index < -0.39 is 0 Å². The van der Waals surface area contributed by atoms with Crippen molar-refractivity contribution in [3.8, 4) is 0 Å². The molecule has 104 valence electrons. The minimum absolute atomic E-state index is 0.0733. The molecule has 0 bridgehead atoms. The molecular weight excluding hydrogens is 254 g/mol. The molecule has 6 nitrogen and oxygen atoms in total. The van der Waals surface area contributed by atoms with Crippen molar-refractivity contribution in [1.29, 1.82) is 0 Å². The van der Waals surface area contributed by atoms with E-state index in [2.05, 4.69) is 27.3 Å². The average molecular weight is 271 g/mol. The molecular formula is C14H17N5O. The van der Waals surface area contributed by atoms with Gasteiger partial charge in [-0.2, -0.15) is 5.10 Å². The van der Waals surface area contributed by atoms with Crippen LogP contribution in [0.5, 0.6) is 0 Å². The van der Waals surface area contributed by atoms with E-state index in [9.17, 15) is 4.79 Å². The molecule has 1 amide bonds. The zero-order valence-electron chi connectivity index (χ0n) is 11.1. The van der Waals surface area contributed by atoms with Crippen molar-refractivity contribution in [1.82, 2.24) is 20.1 Å². The van der Waals surface area contributed by atoms with E-state index in [1.54, 1.807) is 17.1 Å². The van der Waals surface area contributed by atoms with Crippen LogP contribution in [0.25, 0.3) is 0 Å². The summed E-state index contributed by atoms with van der Waals surface area (Å²) in [4.78, 5) is 15.5. The summed E-state index contributed by atoms with van der Waals surface area (Å²) < 4.78 is 1.74. The van der Waals surface area contributed by atoms with Gasteiger partial charge in [0, 0.05) is 12.2 Å². The maximum absolute atomic E-state index is 11.6. The zero-order valence-corrected chi connectivity index (χ0v) is 11.1. The second kappa shape index (κ2) is 7.20. The first-order valence-corrected chi connectivity index (χ1v) is 6.31. The topological polar surface area (TPSA) is 71.8 Å². The van der Waals surface area contributed by atoms with E-state index in [1.807, 2.05) is 24.3 Å². The monoisotopic (exact) mass is 271 g/mol. The number of benzene rings is 1. The number of nitrogens with one attached hydrogen (secondary N) is 2. The molecule has 2 rings (SSSR count). The molecule has 1 aromatic carbocycles. The van der Waals surface area contributed by atoms with Crippen LogP contribution in [0.3, 0.4) is 0 Å². The molecule has 0 aliphatic rings. The van der Waals surface area contributed by atoms with Crippen LogP contribution >= 0.6 is 0 Å². The van der Waals surface area contributed by atoms with Crippen molar-refractivity contribution in [3.63, 3.8) is 0 Å². The third-order valence-electron chi connectivity index (χ3n) is 2.62. The highest BCUT2D eigenvalue weighted by molar-refractivity contribution is 5.92. The van der Waals surface area contributed by atoms with Gasteiger partial charge in [0.05, 0.1) is 13.1 Å². The van der Waals surface area contributed by atoms with Gasteiger partial charge in [0.25, 0.3) is 0 Å². The van der Waals surface area contributed by atoms with Crippen LogP contribution in [0, 0.1) is 0 Å².